The number of carbonyl (C=O) groups excluding carboxylic acids is 5. The van der Waals surface area contributed by atoms with Gasteiger partial charge in [-0.05, 0) is 110 Å². The lowest BCUT2D eigenvalue weighted by Crippen LogP contribution is -2.74. The van der Waals surface area contributed by atoms with Crippen molar-refractivity contribution in [2.24, 2.45) is 16.7 Å². The highest BCUT2D eigenvalue weighted by atomic mass is 16.5. The fourth-order valence-electron chi connectivity index (χ4n) is 10.4. The zero-order valence-corrected chi connectivity index (χ0v) is 32.6. The van der Waals surface area contributed by atoms with Crippen molar-refractivity contribution in [1.29, 1.82) is 5.26 Å². The summed E-state index contributed by atoms with van der Waals surface area (Å²) in [5.41, 5.74) is 5.12. The molecule has 8 rings (SSSR count). The Kier molecular flexibility index (Phi) is 9.35. The Labute approximate surface area is 327 Å². The van der Waals surface area contributed by atoms with Crippen LogP contribution in [0.1, 0.15) is 131 Å². The summed E-state index contributed by atoms with van der Waals surface area (Å²) < 4.78 is 6.45. The first kappa shape index (κ1) is 37.5. The van der Waals surface area contributed by atoms with Crippen LogP contribution in [0.2, 0.25) is 0 Å². The van der Waals surface area contributed by atoms with Gasteiger partial charge in [-0.3, -0.25) is 44.1 Å². The minimum absolute atomic E-state index is 0.0960. The molecule has 3 fully saturated rings. The van der Waals surface area contributed by atoms with Crippen LogP contribution in [0.15, 0.2) is 48.7 Å². The number of imide groups is 2. The molecule has 2 aromatic carbocycles. The average molecular weight is 757 g/mol. The molecular weight excluding hydrogens is 709 g/mol. The Balaban J connectivity index is 0.822. The number of amides is 5. The Bertz CT molecular complexity index is 2140. The standard InChI is InChI=1S/C44H48N6O6/c1-24-16-31(12-10-27(24)19-45)56-42-43(2,3)41(44(42,4)5)48-37(52)34-13-11-28(20-46-34)26-8-6-25(7-9-26)21-49-22-29-17-32-33(18-30(29)23-49)40(55)50(39(32)54)35-14-15-36(51)47-38(35)53/h10-13,16-18,20,25-26,35,41-42H,6-9,14-15,21-23H2,1-5H3,(H,48,52)(H,47,51,53)/t25-,26-,35?,41-,42-. The molecule has 2 saturated carbocycles. The van der Waals surface area contributed by atoms with E-state index in [1.165, 1.54) is 0 Å². The molecule has 1 unspecified atom stereocenters. The van der Waals surface area contributed by atoms with Crippen LogP contribution in [-0.4, -0.2) is 69.1 Å². The highest BCUT2D eigenvalue weighted by molar-refractivity contribution is 6.23. The maximum Gasteiger partial charge on any atom is 0.270 e. The van der Waals surface area contributed by atoms with Gasteiger partial charge in [0.05, 0.1) is 22.8 Å². The normalized spacial score (nSPS) is 26.5. The molecule has 2 N–H and O–H groups in total. The van der Waals surface area contributed by atoms with Gasteiger partial charge in [-0.2, -0.15) is 5.26 Å². The van der Waals surface area contributed by atoms with Crippen LogP contribution in [0.5, 0.6) is 5.75 Å². The molecule has 3 aromatic rings. The number of aryl methyl sites for hydroxylation is 1. The molecule has 0 spiro atoms. The van der Waals surface area contributed by atoms with Crippen LogP contribution in [0.4, 0.5) is 0 Å². The Hall–Kier alpha value is -5.41. The lowest BCUT2D eigenvalue weighted by atomic mass is 9.49. The zero-order chi connectivity index (χ0) is 39.7. The van der Waals surface area contributed by atoms with Crippen molar-refractivity contribution in [3.63, 3.8) is 0 Å². The number of hydrogen-bond acceptors (Lipinski definition) is 9. The summed E-state index contributed by atoms with van der Waals surface area (Å²) >= 11 is 0. The van der Waals surface area contributed by atoms with Crippen molar-refractivity contribution in [2.75, 3.05) is 6.54 Å². The summed E-state index contributed by atoms with van der Waals surface area (Å²) in [4.78, 5) is 72.2. The maximum absolute atomic E-state index is 13.5. The van der Waals surface area contributed by atoms with Gasteiger partial charge in [0.1, 0.15) is 23.6 Å². The van der Waals surface area contributed by atoms with Crippen LogP contribution in [0.25, 0.3) is 0 Å². The van der Waals surface area contributed by atoms with E-state index in [1.54, 1.807) is 6.07 Å². The highest BCUT2D eigenvalue weighted by Gasteiger charge is 2.64. The number of aromatic nitrogens is 1. The molecule has 0 radical (unpaired) electrons. The lowest BCUT2D eigenvalue weighted by molar-refractivity contribution is -0.164. The summed E-state index contributed by atoms with van der Waals surface area (Å²) in [6, 6.07) is 14.1. The van der Waals surface area contributed by atoms with Gasteiger partial charge in [0.25, 0.3) is 17.7 Å². The van der Waals surface area contributed by atoms with Crippen LogP contribution in [-0.2, 0) is 22.7 Å². The summed E-state index contributed by atoms with van der Waals surface area (Å²) in [6.45, 7) is 12.7. The number of hydrogen-bond donors (Lipinski definition) is 2. The Morgan fingerprint density at radius 1 is 0.929 bits per heavy atom. The van der Waals surface area contributed by atoms with Crippen LogP contribution >= 0.6 is 0 Å². The van der Waals surface area contributed by atoms with Gasteiger partial charge in [-0.25, -0.2) is 0 Å². The maximum atomic E-state index is 13.5. The van der Waals surface area contributed by atoms with Crippen molar-refractivity contribution >= 4 is 29.5 Å². The van der Waals surface area contributed by atoms with E-state index in [1.807, 2.05) is 49.5 Å². The van der Waals surface area contributed by atoms with E-state index in [0.29, 0.717) is 53.1 Å². The van der Waals surface area contributed by atoms with Gasteiger partial charge in [0, 0.05) is 49.1 Å². The molecule has 290 valence electrons. The third kappa shape index (κ3) is 6.45. The molecule has 5 aliphatic rings. The molecule has 1 saturated heterocycles. The molecule has 5 amide bonds. The third-order valence-electron chi connectivity index (χ3n) is 13.1. The molecular formula is C44H48N6O6. The zero-order valence-electron chi connectivity index (χ0n) is 32.6. The van der Waals surface area contributed by atoms with Crippen molar-refractivity contribution in [1.82, 2.24) is 25.4 Å². The third-order valence-corrected chi connectivity index (χ3v) is 13.1. The van der Waals surface area contributed by atoms with Gasteiger partial charge >= 0.3 is 0 Å². The molecule has 1 aromatic heterocycles. The number of carbonyl (C=O) groups is 5. The summed E-state index contributed by atoms with van der Waals surface area (Å²) in [7, 11) is 0. The lowest BCUT2D eigenvalue weighted by Gasteiger charge is -2.63. The van der Waals surface area contributed by atoms with E-state index >= 15 is 0 Å². The van der Waals surface area contributed by atoms with Crippen molar-refractivity contribution in [2.45, 2.75) is 110 Å². The van der Waals surface area contributed by atoms with Gasteiger partial charge in [-0.1, -0.05) is 33.8 Å². The van der Waals surface area contributed by atoms with Crippen LogP contribution in [0, 0.1) is 35.0 Å². The second-order valence-electron chi connectivity index (χ2n) is 17.6. The predicted octanol–water partition coefficient (Wildman–Crippen LogP) is 5.56. The fourth-order valence-corrected chi connectivity index (χ4v) is 10.4. The smallest absolute Gasteiger partial charge is 0.270 e. The van der Waals surface area contributed by atoms with Gasteiger partial charge < -0.3 is 10.1 Å². The number of rotatable bonds is 8. The average Bonchev–Trinajstić information content (AvgIpc) is 3.67. The van der Waals surface area contributed by atoms with E-state index in [9.17, 15) is 29.2 Å². The van der Waals surface area contributed by atoms with Crippen LogP contribution < -0.4 is 15.4 Å². The predicted molar refractivity (Wildman–Crippen MR) is 205 cm³/mol. The van der Waals surface area contributed by atoms with Crippen LogP contribution in [0.3, 0.4) is 0 Å². The monoisotopic (exact) mass is 756 g/mol. The van der Waals surface area contributed by atoms with Crippen molar-refractivity contribution < 1.29 is 28.7 Å². The Morgan fingerprint density at radius 3 is 2.16 bits per heavy atom. The fraction of sp³-hybridized carbons (Fsp3) is 0.477. The molecule has 0 bridgehead atoms. The molecule has 3 aliphatic heterocycles. The first-order chi connectivity index (χ1) is 26.6. The first-order valence-electron chi connectivity index (χ1n) is 19.7. The number of nitrogens with one attached hydrogen (secondary N) is 2. The van der Waals surface area contributed by atoms with Crippen molar-refractivity contribution in [3.8, 4) is 11.8 Å². The summed E-state index contributed by atoms with van der Waals surface area (Å²) in [6.07, 6.45) is 6.18. The SMILES string of the molecule is Cc1cc(O[C@H]2C(C)(C)[C@H](NC(=O)c3ccc([C@H]4CC[C@H](CN5Cc6cc7c(cc6C5)C(=O)N(C5CCC(=O)NC5=O)C7=O)CC4)cn3)C2(C)C)ccc1C#N. The minimum atomic E-state index is -0.964. The number of nitrogens with zero attached hydrogens (tertiary/aromatic N) is 4. The second-order valence-corrected chi connectivity index (χ2v) is 17.6. The van der Waals surface area contributed by atoms with Gasteiger partial charge in [0.2, 0.25) is 11.8 Å². The number of fused-ring (bicyclic) bond motifs is 2. The molecule has 56 heavy (non-hydrogen) atoms. The molecule has 2 aliphatic carbocycles. The van der Waals surface area contributed by atoms with E-state index < -0.39 is 23.8 Å². The topological polar surface area (TPSA) is 162 Å². The first-order valence-corrected chi connectivity index (χ1v) is 19.7. The molecule has 12 nitrogen and oxygen atoms in total. The van der Waals surface area contributed by atoms with E-state index in [0.717, 1.165) is 59.4 Å². The Morgan fingerprint density at radius 2 is 1.59 bits per heavy atom. The number of pyridine rings is 1. The molecule has 12 heteroatoms. The summed E-state index contributed by atoms with van der Waals surface area (Å²) in [5.74, 6) is -0.499. The van der Waals surface area contributed by atoms with Crippen molar-refractivity contribution in [3.05, 3.63) is 93.3 Å². The summed E-state index contributed by atoms with van der Waals surface area (Å²) in [5, 5.41) is 14.8. The van der Waals surface area contributed by atoms with Gasteiger partial charge in [-0.15, -0.1) is 0 Å². The van der Waals surface area contributed by atoms with E-state index in [4.69, 9.17) is 4.74 Å². The number of nitriles is 1. The largest absolute Gasteiger partial charge is 0.489 e. The number of ether oxygens (including phenoxy) is 1. The minimum Gasteiger partial charge on any atom is -0.489 e. The number of piperidine rings is 1. The molecule has 4 heterocycles. The highest BCUT2D eigenvalue weighted by Crippen LogP contribution is 2.55. The quantitative estimate of drug-likeness (QED) is 0.280. The van der Waals surface area contributed by atoms with Gasteiger partial charge in [0.15, 0.2) is 0 Å². The van der Waals surface area contributed by atoms with E-state index in [2.05, 4.69) is 54.3 Å². The second kappa shape index (κ2) is 14.0. The molecule has 1 atom stereocenters. The van der Waals surface area contributed by atoms with E-state index in [-0.39, 0.29) is 47.6 Å². The number of benzene rings is 2.